The summed E-state index contributed by atoms with van der Waals surface area (Å²) in [4.78, 5) is 12.8. The van der Waals surface area contributed by atoms with Crippen LogP contribution >= 0.6 is 0 Å². The zero-order chi connectivity index (χ0) is 37.6. The predicted octanol–water partition coefficient (Wildman–Crippen LogP) is 7.42. The molecule has 0 radical (unpaired) electrons. The van der Waals surface area contributed by atoms with E-state index in [2.05, 4.69) is 19.7 Å². The van der Waals surface area contributed by atoms with Crippen molar-refractivity contribution in [2.45, 2.75) is 59.0 Å². The molecule has 2 N–H and O–H groups in total. The van der Waals surface area contributed by atoms with E-state index < -0.39 is 10.8 Å². The van der Waals surface area contributed by atoms with Gasteiger partial charge in [0.05, 0.1) is 39.6 Å². The fourth-order valence-electron chi connectivity index (χ4n) is 5.58. The third-order valence-electron chi connectivity index (χ3n) is 9.16. The van der Waals surface area contributed by atoms with Crippen LogP contribution in [-0.2, 0) is 65.1 Å². The van der Waals surface area contributed by atoms with Crippen molar-refractivity contribution in [2.24, 2.45) is 5.41 Å². The summed E-state index contributed by atoms with van der Waals surface area (Å²) in [5.41, 5.74) is 5.08. The highest BCUT2D eigenvalue weighted by molar-refractivity contribution is 5.96. The van der Waals surface area contributed by atoms with Crippen LogP contribution in [0.5, 0.6) is 11.5 Å². The number of phenolic OH excluding ortho intramolecular Hbond substituents is 2. The summed E-state index contributed by atoms with van der Waals surface area (Å²) in [6.07, 6.45) is 5.83. The van der Waals surface area contributed by atoms with Crippen LogP contribution in [0.2, 0.25) is 0 Å². The molecule has 0 spiro atoms. The second-order valence-corrected chi connectivity index (χ2v) is 12.9. The number of hydrogen-bond acceptors (Lipinski definition) is 9. The molecule has 0 saturated carbocycles. The minimum atomic E-state index is -0.908. The Balaban J connectivity index is 2.77. The molecule has 2 aromatic carbocycles. The van der Waals surface area contributed by atoms with Gasteiger partial charge in [-0.05, 0) is 65.1 Å². The second kappa shape index (κ2) is 19.5. The molecule has 0 amide bonds. The normalized spacial score (nSPS) is 12.5. The Kier molecular flexibility index (Phi) is 16.5. The van der Waals surface area contributed by atoms with Crippen LogP contribution in [-0.4, -0.2) is 71.9 Å². The van der Waals surface area contributed by atoms with E-state index in [4.69, 9.17) is 28.4 Å². The van der Waals surface area contributed by atoms with E-state index in [0.717, 1.165) is 16.7 Å². The molecule has 2 rings (SSSR count). The van der Waals surface area contributed by atoms with Crippen LogP contribution in [0.25, 0.3) is 0 Å². The number of phenols is 2. The van der Waals surface area contributed by atoms with Gasteiger partial charge in [-0.25, -0.2) is 0 Å². The van der Waals surface area contributed by atoms with Gasteiger partial charge >= 0.3 is 0 Å². The van der Waals surface area contributed by atoms with E-state index in [0.29, 0.717) is 45.6 Å². The highest BCUT2D eigenvalue weighted by Crippen LogP contribution is 2.45. The lowest BCUT2D eigenvalue weighted by Crippen LogP contribution is -2.27. The first-order valence-electron chi connectivity index (χ1n) is 16.3. The molecule has 0 saturated heterocycles. The molecule has 0 atom stereocenters. The van der Waals surface area contributed by atoms with E-state index in [1.165, 1.54) is 0 Å². The molecule has 0 aliphatic carbocycles. The molecule has 9 nitrogen and oxygen atoms in total. The maximum absolute atomic E-state index is 12.8. The lowest BCUT2D eigenvalue weighted by atomic mass is 9.69. The van der Waals surface area contributed by atoms with Gasteiger partial charge in [-0.3, -0.25) is 4.79 Å². The number of Topliss-reactive ketones (excluding diaryl/α,β-unsaturated/α-hetero) is 1. The predicted molar refractivity (Wildman–Crippen MR) is 197 cm³/mol. The van der Waals surface area contributed by atoms with E-state index >= 15 is 0 Å². The van der Waals surface area contributed by atoms with Crippen molar-refractivity contribution >= 4 is 5.78 Å². The van der Waals surface area contributed by atoms with Gasteiger partial charge in [-0.15, -0.1) is 0 Å². The SMILES string of the molecule is C=C(C=C(COC)C(=O)CCOC)C(C)(C)C(=C)/C=C\C(=C)C(C)(c1cc(COC)c(O)c(COC)c1)c1cc(COC)c(O)c(COC)c1. The largest absolute Gasteiger partial charge is 0.507 e. The fourth-order valence-corrected chi connectivity index (χ4v) is 5.58. The summed E-state index contributed by atoms with van der Waals surface area (Å²) in [5, 5.41) is 22.2. The van der Waals surface area contributed by atoms with Crippen molar-refractivity contribution in [2.75, 3.05) is 55.9 Å². The number of methoxy groups -OCH3 is 6. The Bertz CT molecular complexity index is 1460. The lowest BCUT2D eigenvalue weighted by Gasteiger charge is -2.35. The molecule has 0 heterocycles. The molecule has 0 aliphatic rings. The summed E-state index contributed by atoms with van der Waals surface area (Å²) in [6, 6.07) is 7.61. The molecular formula is C41H56O9. The van der Waals surface area contributed by atoms with Crippen molar-refractivity contribution < 1.29 is 43.4 Å². The second-order valence-electron chi connectivity index (χ2n) is 12.9. The Morgan fingerprint density at radius 3 is 1.40 bits per heavy atom. The van der Waals surface area contributed by atoms with Crippen molar-refractivity contribution in [1.29, 1.82) is 0 Å². The Labute approximate surface area is 298 Å². The first-order chi connectivity index (χ1) is 23.7. The Morgan fingerprint density at radius 2 is 1.04 bits per heavy atom. The molecule has 9 heteroatoms. The fraction of sp³-hybridized carbons (Fsp3) is 0.439. The molecule has 0 aromatic heterocycles. The van der Waals surface area contributed by atoms with Gasteiger partial charge in [-0.2, -0.15) is 0 Å². The number of allylic oxidation sites excluding steroid dienone is 6. The summed E-state index contributed by atoms with van der Waals surface area (Å²) in [5.74, 6) is 0.129. The molecular weight excluding hydrogens is 636 g/mol. The number of aromatic hydroxyl groups is 2. The number of benzene rings is 2. The van der Waals surface area contributed by atoms with Crippen LogP contribution in [0.4, 0.5) is 0 Å². The van der Waals surface area contributed by atoms with Crippen molar-refractivity contribution in [3.8, 4) is 11.5 Å². The van der Waals surface area contributed by atoms with Crippen LogP contribution in [0.15, 0.2) is 84.5 Å². The first kappa shape index (κ1) is 42.3. The lowest BCUT2D eigenvalue weighted by molar-refractivity contribution is -0.116. The number of ether oxygens (including phenoxy) is 6. The van der Waals surface area contributed by atoms with Crippen LogP contribution in [0, 0.1) is 5.41 Å². The van der Waals surface area contributed by atoms with Gasteiger partial charge in [0.2, 0.25) is 0 Å². The van der Waals surface area contributed by atoms with Gasteiger partial charge in [0.15, 0.2) is 5.78 Å². The Hall–Kier alpha value is -3.83. The average Bonchev–Trinajstić information content (AvgIpc) is 3.08. The standard InChI is InChI=1S/C41H56O9/c1-27(40(4,5)29(3)17-30(22-46-8)37(42)15-16-45-7)13-14-28(2)41(6,35-18-31(23-47-9)38(43)32(19-35)24-48-10)36-20-33(25-49-11)39(44)34(21-36)26-50-12/h13-14,17-21,43-44H,1-3,15-16,22-26H2,4-12H3/b14-13-,30-17?. The van der Waals surface area contributed by atoms with E-state index in [1.54, 1.807) is 48.7 Å². The zero-order valence-corrected chi connectivity index (χ0v) is 31.4. The summed E-state index contributed by atoms with van der Waals surface area (Å²) < 4.78 is 32.2. The molecule has 0 bridgehead atoms. The Morgan fingerprint density at radius 1 is 0.640 bits per heavy atom. The minimum absolute atomic E-state index is 0.0693. The third-order valence-corrected chi connectivity index (χ3v) is 9.16. The van der Waals surface area contributed by atoms with Gasteiger partial charge < -0.3 is 38.6 Å². The summed E-state index contributed by atoms with van der Waals surface area (Å²) in [6.45, 7) is 20.4. The molecule has 0 fully saturated rings. The first-order valence-corrected chi connectivity index (χ1v) is 16.3. The average molecular weight is 693 g/mol. The van der Waals surface area contributed by atoms with Crippen LogP contribution < -0.4 is 0 Å². The molecule has 274 valence electrons. The van der Waals surface area contributed by atoms with Gasteiger partial charge in [0, 0.05) is 87.7 Å². The number of ketones is 1. The van der Waals surface area contributed by atoms with Crippen molar-refractivity contribution in [1.82, 2.24) is 0 Å². The maximum Gasteiger partial charge on any atom is 0.163 e. The highest BCUT2D eigenvalue weighted by Gasteiger charge is 2.34. The van der Waals surface area contributed by atoms with E-state index in [1.807, 2.05) is 57.2 Å². The van der Waals surface area contributed by atoms with Gasteiger partial charge in [0.1, 0.15) is 11.5 Å². The third kappa shape index (κ3) is 10.1. The van der Waals surface area contributed by atoms with Gasteiger partial charge in [0.25, 0.3) is 0 Å². The maximum atomic E-state index is 12.8. The molecule has 0 aliphatic heterocycles. The minimum Gasteiger partial charge on any atom is -0.507 e. The quantitative estimate of drug-likeness (QED) is 0.0962. The molecule has 2 aromatic rings. The zero-order valence-electron chi connectivity index (χ0n) is 31.4. The van der Waals surface area contributed by atoms with E-state index in [-0.39, 0.29) is 56.7 Å². The number of rotatable bonds is 22. The van der Waals surface area contributed by atoms with Crippen LogP contribution in [0.3, 0.4) is 0 Å². The number of carbonyl (C=O) groups excluding carboxylic acids is 1. The monoisotopic (exact) mass is 692 g/mol. The number of hydrogen-bond donors (Lipinski definition) is 2. The topological polar surface area (TPSA) is 113 Å². The smallest absolute Gasteiger partial charge is 0.163 e. The number of carbonyl (C=O) groups is 1. The molecule has 50 heavy (non-hydrogen) atoms. The molecule has 0 unspecified atom stereocenters. The highest BCUT2D eigenvalue weighted by atomic mass is 16.5. The van der Waals surface area contributed by atoms with E-state index in [9.17, 15) is 15.0 Å². The summed E-state index contributed by atoms with van der Waals surface area (Å²) >= 11 is 0. The van der Waals surface area contributed by atoms with Crippen LogP contribution in [0.1, 0.15) is 60.6 Å². The van der Waals surface area contributed by atoms with Gasteiger partial charge in [-0.1, -0.05) is 45.7 Å². The van der Waals surface area contributed by atoms with Crippen molar-refractivity contribution in [3.63, 3.8) is 0 Å². The summed E-state index contributed by atoms with van der Waals surface area (Å²) in [7, 11) is 9.39. The van der Waals surface area contributed by atoms with Crippen molar-refractivity contribution in [3.05, 3.63) is 118 Å².